The number of piperidine rings is 1. The molecule has 1 aliphatic heterocycles. The van der Waals surface area contributed by atoms with Crippen LogP contribution in [0.4, 0.5) is 0 Å². The lowest BCUT2D eigenvalue weighted by Gasteiger charge is -2.32. The molecule has 0 spiro atoms. The summed E-state index contributed by atoms with van der Waals surface area (Å²) in [6.07, 6.45) is 4.41. The Hall–Kier alpha value is -3.16. The van der Waals surface area contributed by atoms with E-state index < -0.39 is 11.2 Å². The molecule has 152 valence electrons. The van der Waals surface area contributed by atoms with Crippen LogP contribution in [0, 0.1) is 12.8 Å². The van der Waals surface area contributed by atoms with Crippen molar-refractivity contribution in [3.05, 3.63) is 62.7 Å². The van der Waals surface area contributed by atoms with Crippen LogP contribution in [0.5, 0.6) is 0 Å². The fourth-order valence-corrected chi connectivity index (χ4v) is 4.12. The van der Waals surface area contributed by atoms with Gasteiger partial charge in [-0.25, -0.2) is 9.78 Å². The summed E-state index contributed by atoms with van der Waals surface area (Å²) in [6.45, 7) is 4.06. The second-order valence-corrected chi connectivity index (χ2v) is 7.72. The molecule has 0 saturated carbocycles. The lowest BCUT2D eigenvalue weighted by atomic mass is 9.96. The van der Waals surface area contributed by atoms with Crippen LogP contribution in [0.2, 0.25) is 0 Å². The molecule has 0 unspecified atom stereocenters. The molecule has 0 radical (unpaired) electrons. The summed E-state index contributed by atoms with van der Waals surface area (Å²) in [5, 5.41) is 0. The molecule has 8 nitrogen and oxygen atoms in total. The number of amides is 1. The van der Waals surface area contributed by atoms with Crippen LogP contribution in [-0.4, -0.2) is 43.4 Å². The average Bonchev–Trinajstić information content (AvgIpc) is 3.10. The van der Waals surface area contributed by atoms with E-state index in [0.717, 1.165) is 43.5 Å². The third-order valence-electron chi connectivity index (χ3n) is 5.79. The van der Waals surface area contributed by atoms with Gasteiger partial charge in [-0.3, -0.25) is 14.6 Å². The van der Waals surface area contributed by atoms with Crippen molar-refractivity contribution in [2.45, 2.75) is 39.2 Å². The van der Waals surface area contributed by atoms with E-state index in [4.69, 9.17) is 0 Å². The number of carbonyl (C=O) groups is 1. The van der Waals surface area contributed by atoms with Crippen molar-refractivity contribution in [3.63, 3.8) is 0 Å². The number of aryl methyl sites for hydroxylation is 1. The number of carbonyl (C=O) groups excluding carboxylic acids is 1. The Bertz CT molecular complexity index is 1130. The van der Waals surface area contributed by atoms with E-state index >= 15 is 0 Å². The van der Waals surface area contributed by atoms with E-state index in [2.05, 4.69) is 25.6 Å². The Kier molecular flexibility index (Phi) is 5.33. The van der Waals surface area contributed by atoms with Gasteiger partial charge < -0.3 is 14.5 Å². The number of aromatic amines is 2. The fourth-order valence-electron chi connectivity index (χ4n) is 4.12. The lowest BCUT2D eigenvalue weighted by Crippen LogP contribution is -2.39. The predicted molar refractivity (Wildman–Crippen MR) is 110 cm³/mol. The molecular formula is C21H25N5O3. The molecule has 2 N–H and O–H groups in total. The highest BCUT2D eigenvalue weighted by atomic mass is 16.2. The third-order valence-corrected chi connectivity index (χ3v) is 5.79. The first kappa shape index (κ1) is 19.2. The van der Waals surface area contributed by atoms with Gasteiger partial charge in [-0.1, -0.05) is 12.1 Å². The van der Waals surface area contributed by atoms with Gasteiger partial charge in [0.1, 0.15) is 0 Å². The average molecular weight is 395 g/mol. The van der Waals surface area contributed by atoms with Gasteiger partial charge in [0.15, 0.2) is 0 Å². The number of para-hydroxylation sites is 2. The number of likely N-dealkylation sites (tertiary alicyclic amines) is 1. The smallest absolute Gasteiger partial charge is 0.325 e. The number of benzene rings is 1. The first-order valence-corrected chi connectivity index (χ1v) is 10.0. The quantitative estimate of drug-likeness (QED) is 0.685. The molecule has 0 bridgehead atoms. The van der Waals surface area contributed by atoms with Gasteiger partial charge in [-0.15, -0.1) is 0 Å². The highest BCUT2D eigenvalue weighted by Crippen LogP contribution is 2.22. The minimum Gasteiger partial charge on any atom is -0.343 e. The summed E-state index contributed by atoms with van der Waals surface area (Å²) in [7, 11) is 0. The predicted octanol–water partition coefficient (Wildman–Crippen LogP) is 1.59. The summed E-state index contributed by atoms with van der Waals surface area (Å²) < 4.78 is 2.20. The second-order valence-electron chi connectivity index (χ2n) is 7.72. The number of hydrogen-bond acceptors (Lipinski definition) is 4. The Morgan fingerprint density at radius 3 is 2.69 bits per heavy atom. The lowest BCUT2D eigenvalue weighted by molar-refractivity contribution is -0.132. The van der Waals surface area contributed by atoms with Crippen LogP contribution in [0.3, 0.4) is 0 Å². The summed E-state index contributed by atoms with van der Waals surface area (Å²) in [4.78, 5) is 46.9. The first-order valence-electron chi connectivity index (χ1n) is 10.0. The van der Waals surface area contributed by atoms with E-state index in [1.165, 1.54) is 0 Å². The van der Waals surface area contributed by atoms with Crippen molar-refractivity contribution in [1.29, 1.82) is 0 Å². The second kappa shape index (κ2) is 8.06. The number of aromatic nitrogens is 4. The van der Waals surface area contributed by atoms with E-state index in [-0.39, 0.29) is 12.3 Å². The molecule has 8 heteroatoms. The maximum absolute atomic E-state index is 12.6. The van der Waals surface area contributed by atoms with E-state index in [0.29, 0.717) is 23.6 Å². The van der Waals surface area contributed by atoms with E-state index in [9.17, 15) is 14.4 Å². The Balaban J connectivity index is 1.31. The molecule has 29 heavy (non-hydrogen) atoms. The molecule has 1 saturated heterocycles. The van der Waals surface area contributed by atoms with Crippen LogP contribution < -0.4 is 11.2 Å². The molecule has 2 aromatic heterocycles. The molecule has 1 amide bonds. The topological polar surface area (TPSA) is 104 Å². The monoisotopic (exact) mass is 395 g/mol. The van der Waals surface area contributed by atoms with Gasteiger partial charge in [0.05, 0.1) is 17.4 Å². The van der Waals surface area contributed by atoms with Crippen LogP contribution in [0.15, 0.2) is 40.2 Å². The summed E-state index contributed by atoms with van der Waals surface area (Å²) in [5.41, 5.74) is 2.22. The molecule has 3 aromatic rings. The molecule has 4 rings (SSSR count). The molecule has 1 fully saturated rings. The first-order chi connectivity index (χ1) is 14.0. The van der Waals surface area contributed by atoms with Gasteiger partial charge >= 0.3 is 5.69 Å². The fraction of sp³-hybridized carbons (Fsp3) is 0.429. The van der Waals surface area contributed by atoms with Crippen LogP contribution in [0.25, 0.3) is 11.0 Å². The van der Waals surface area contributed by atoms with Crippen molar-refractivity contribution >= 4 is 16.9 Å². The summed E-state index contributed by atoms with van der Waals surface area (Å²) in [5.74, 6) is 0.572. The normalized spacial score (nSPS) is 15.1. The number of H-pyrrole nitrogens is 2. The van der Waals surface area contributed by atoms with Crippen molar-refractivity contribution in [3.8, 4) is 0 Å². The van der Waals surface area contributed by atoms with Crippen molar-refractivity contribution < 1.29 is 4.79 Å². The van der Waals surface area contributed by atoms with Gasteiger partial charge in [0.2, 0.25) is 5.91 Å². The number of nitrogens with zero attached hydrogens (tertiary/aromatic N) is 3. The number of nitrogens with one attached hydrogen (secondary N) is 2. The number of fused-ring (bicyclic) bond motifs is 1. The standard InChI is InChI=1S/C21H25N5O3/c1-14-16(20(28)24-21(29)23-14)6-7-19(27)25-10-8-15(9-11-25)12-26-13-22-17-4-2-3-5-18(17)26/h2-5,13,15H,6-12H2,1H3,(H2,23,24,28,29). The Morgan fingerprint density at radius 1 is 1.17 bits per heavy atom. The van der Waals surface area contributed by atoms with E-state index in [1.807, 2.05) is 29.4 Å². The summed E-state index contributed by atoms with van der Waals surface area (Å²) in [6, 6.07) is 8.12. The van der Waals surface area contributed by atoms with Crippen LogP contribution in [-0.2, 0) is 17.8 Å². The molecule has 1 aliphatic rings. The zero-order valence-corrected chi connectivity index (χ0v) is 16.5. The van der Waals surface area contributed by atoms with Crippen molar-refractivity contribution in [2.24, 2.45) is 5.92 Å². The van der Waals surface area contributed by atoms with Gasteiger partial charge in [0.25, 0.3) is 5.56 Å². The Morgan fingerprint density at radius 2 is 1.93 bits per heavy atom. The van der Waals surface area contributed by atoms with Gasteiger partial charge in [-0.2, -0.15) is 0 Å². The highest BCUT2D eigenvalue weighted by molar-refractivity contribution is 5.76. The van der Waals surface area contributed by atoms with Crippen molar-refractivity contribution in [1.82, 2.24) is 24.4 Å². The molecule has 3 heterocycles. The number of imidazole rings is 1. The number of hydrogen-bond donors (Lipinski definition) is 2. The maximum Gasteiger partial charge on any atom is 0.325 e. The Labute approximate surface area is 167 Å². The number of rotatable bonds is 5. The maximum atomic E-state index is 12.6. The van der Waals surface area contributed by atoms with Gasteiger partial charge in [0, 0.05) is 37.3 Å². The molecule has 1 aromatic carbocycles. The molecule has 0 atom stereocenters. The van der Waals surface area contributed by atoms with Crippen LogP contribution in [0.1, 0.15) is 30.5 Å². The third kappa shape index (κ3) is 4.16. The molecule has 0 aliphatic carbocycles. The minimum absolute atomic E-state index is 0.0570. The van der Waals surface area contributed by atoms with E-state index in [1.54, 1.807) is 6.92 Å². The minimum atomic E-state index is -0.518. The van der Waals surface area contributed by atoms with Crippen molar-refractivity contribution in [2.75, 3.05) is 13.1 Å². The zero-order chi connectivity index (χ0) is 20.4. The molecular weight excluding hydrogens is 370 g/mol. The van der Waals surface area contributed by atoms with Gasteiger partial charge in [-0.05, 0) is 44.2 Å². The largest absolute Gasteiger partial charge is 0.343 e. The highest BCUT2D eigenvalue weighted by Gasteiger charge is 2.23. The summed E-state index contributed by atoms with van der Waals surface area (Å²) >= 11 is 0. The SMILES string of the molecule is Cc1[nH]c(=O)[nH]c(=O)c1CCC(=O)N1CCC(Cn2cnc3ccccc32)CC1. The zero-order valence-electron chi connectivity index (χ0n) is 16.5. The van der Waals surface area contributed by atoms with Crippen LogP contribution >= 0.6 is 0 Å².